The van der Waals surface area contributed by atoms with Gasteiger partial charge in [-0.2, -0.15) is 4.98 Å². The van der Waals surface area contributed by atoms with Gasteiger partial charge in [-0.05, 0) is 30.3 Å². The van der Waals surface area contributed by atoms with Crippen LogP contribution in [0.1, 0.15) is 23.2 Å². The molecule has 0 unspecified atom stereocenters. The maximum absolute atomic E-state index is 12.3. The van der Waals surface area contributed by atoms with E-state index in [4.69, 9.17) is 23.5 Å². The molecule has 9 heteroatoms. The Hall–Kier alpha value is -3.88. The Bertz CT molecular complexity index is 1040. The van der Waals surface area contributed by atoms with Gasteiger partial charge >= 0.3 is 11.9 Å². The van der Waals surface area contributed by atoms with E-state index < -0.39 is 11.9 Å². The van der Waals surface area contributed by atoms with Crippen LogP contribution in [-0.4, -0.2) is 28.9 Å². The second-order valence-electron chi connectivity index (χ2n) is 5.75. The van der Waals surface area contributed by atoms with Crippen molar-refractivity contribution in [2.24, 2.45) is 0 Å². The molecule has 0 saturated carbocycles. The van der Waals surface area contributed by atoms with E-state index in [9.17, 15) is 9.59 Å². The monoisotopic (exact) mass is 382 g/mol. The third-order valence-electron chi connectivity index (χ3n) is 3.79. The molecule has 0 aliphatic carbocycles. The number of hydrogen-bond donors (Lipinski definition) is 0. The number of hydrogen-bond acceptors (Lipinski definition) is 9. The van der Waals surface area contributed by atoms with Gasteiger partial charge in [0.1, 0.15) is 11.3 Å². The lowest BCUT2D eigenvalue weighted by Gasteiger charge is -2.07. The second kappa shape index (κ2) is 7.39. The molecule has 1 aliphatic rings. The molecule has 0 saturated heterocycles. The number of nitrogens with zero attached hydrogens (tertiary/aromatic N) is 2. The Kier molecular flexibility index (Phi) is 4.63. The highest BCUT2D eigenvalue weighted by molar-refractivity contribution is 5.93. The van der Waals surface area contributed by atoms with Crippen LogP contribution in [0.3, 0.4) is 0 Å². The molecule has 0 amide bonds. The van der Waals surface area contributed by atoms with Crippen molar-refractivity contribution < 1.29 is 33.1 Å². The first-order valence-corrected chi connectivity index (χ1v) is 8.27. The zero-order valence-electron chi connectivity index (χ0n) is 14.7. The van der Waals surface area contributed by atoms with Crippen LogP contribution in [0, 0.1) is 0 Å². The Morgan fingerprint density at radius 1 is 1.11 bits per heavy atom. The molecular formula is C19H14N2O7. The molecule has 1 aliphatic heterocycles. The molecule has 4 rings (SSSR count). The van der Waals surface area contributed by atoms with Crippen LogP contribution in [0.25, 0.3) is 11.4 Å². The molecule has 3 aromatic rings. The van der Waals surface area contributed by atoms with Crippen molar-refractivity contribution in [3.05, 3.63) is 53.9 Å². The predicted molar refractivity (Wildman–Crippen MR) is 92.7 cm³/mol. The average Bonchev–Trinajstić information content (AvgIpc) is 3.34. The van der Waals surface area contributed by atoms with Gasteiger partial charge in [0.15, 0.2) is 18.1 Å². The maximum atomic E-state index is 12.3. The number of aromatic nitrogens is 2. The fourth-order valence-corrected chi connectivity index (χ4v) is 2.55. The molecule has 0 spiro atoms. The lowest BCUT2D eigenvalue weighted by molar-refractivity contribution is -0.131. The topological polar surface area (TPSA) is 110 Å². The van der Waals surface area contributed by atoms with Crippen molar-refractivity contribution in [1.82, 2.24) is 10.1 Å². The van der Waals surface area contributed by atoms with E-state index in [-0.39, 0.29) is 30.6 Å². The molecule has 2 aromatic carbocycles. The summed E-state index contributed by atoms with van der Waals surface area (Å²) in [5.41, 5.74) is 0.791. The van der Waals surface area contributed by atoms with Crippen molar-refractivity contribution in [2.45, 2.75) is 13.5 Å². The molecular weight excluding hydrogens is 368 g/mol. The number of carbonyl (C=O) groups excluding carboxylic acids is 2. The van der Waals surface area contributed by atoms with E-state index in [1.807, 2.05) is 0 Å². The van der Waals surface area contributed by atoms with E-state index in [1.165, 1.54) is 19.1 Å². The number of ether oxygens (including phenoxy) is 4. The van der Waals surface area contributed by atoms with Crippen molar-refractivity contribution in [1.29, 1.82) is 0 Å². The quantitative estimate of drug-likeness (QED) is 0.486. The first-order valence-electron chi connectivity index (χ1n) is 8.27. The highest BCUT2D eigenvalue weighted by atomic mass is 16.7. The molecule has 28 heavy (non-hydrogen) atoms. The first kappa shape index (κ1) is 17.5. The Morgan fingerprint density at radius 2 is 1.93 bits per heavy atom. The summed E-state index contributed by atoms with van der Waals surface area (Å²) in [6.07, 6.45) is 0. The van der Waals surface area contributed by atoms with E-state index in [2.05, 4.69) is 10.1 Å². The van der Waals surface area contributed by atoms with Gasteiger partial charge in [-0.15, -0.1) is 0 Å². The number of esters is 2. The number of fused-ring (bicyclic) bond motifs is 1. The zero-order valence-corrected chi connectivity index (χ0v) is 14.7. The summed E-state index contributed by atoms with van der Waals surface area (Å²) in [6, 6.07) is 11.5. The predicted octanol–water partition coefficient (Wildman–Crippen LogP) is 2.75. The van der Waals surface area contributed by atoms with Crippen LogP contribution in [0.15, 0.2) is 47.0 Å². The van der Waals surface area contributed by atoms with Crippen molar-refractivity contribution in [3.8, 4) is 28.6 Å². The summed E-state index contributed by atoms with van der Waals surface area (Å²) in [6.45, 7) is 1.18. The highest BCUT2D eigenvalue weighted by Gasteiger charge is 2.19. The van der Waals surface area contributed by atoms with Gasteiger partial charge in [0.25, 0.3) is 5.89 Å². The summed E-state index contributed by atoms with van der Waals surface area (Å²) in [7, 11) is 0. The van der Waals surface area contributed by atoms with Gasteiger partial charge in [-0.1, -0.05) is 17.3 Å². The molecule has 1 aromatic heterocycles. The molecule has 0 N–H and O–H groups in total. The molecule has 0 radical (unpaired) electrons. The van der Waals surface area contributed by atoms with Crippen LogP contribution in [0.2, 0.25) is 0 Å². The lowest BCUT2D eigenvalue weighted by Crippen LogP contribution is -2.10. The molecule has 9 nitrogen and oxygen atoms in total. The van der Waals surface area contributed by atoms with E-state index in [1.54, 1.807) is 30.3 Å². The summed E-state index contributed by atoms with van der Waals surface area (Å²) < 4.78 is 25.9. The number of carbonyl (C=O) groups is 2. The van der Waals surface area contributed by atoms with Gasteiger partial charge in [0.2, 0.25) is 12.6 Å². The summed E-state index contributed by atoms with van der Waals surface area (Å²) in [5.74, 6) is 0.581. The standard InChI is InChI=1S/C19H14N2O7/c1-11(22)27-14-5-3-2-4-13(14)19(23)24-9-17-20-18(21-28-17)12-6-7-15-16(8-12)26-10-25-15/h2-8H,9-10H2,1H3. The van der Waals surface area contributed by atoms with Gasteiger partial charge in [0, 0.05) is 12.5 Å². The minimum Gasteiger partial charge on any atom is -0.454 e. The van der Waals surface area contributed by atoms with E-state index in [0.29, 0.717) is 22.9 Å². The molecule has 0 bridgehead atoms. The van der Waals surface area contributed by atoms with Crippen LogP contribution < -0.4 is 14.2 Å². The van der Waals surface area contributed by atoms with Crippen LogP contribution in [0.5, 0.6) is 17.2 Å². The van der Waals surface area contributed by atoms with Gasteiger partial charge in [-0.3, -0.25) is 4.79 Å². The van der Waals surface area contributed by atoms with E-state index in [0.717, 1.165) is 0 Å². The molecule has 0 atom stereocenters. The van der Waals surface area contributed by atoms with Gasteiger partial charge in [0.05, 0.1) is 0 Å². The summed E-state index contributed by atoms with van der Waals surface area (Å²) in [5, 5.41) is 3.88. The summed E-state index contributed by atoms with van der Waals surface area (Å²) >= 11 is 0. The third kappa shape index (κ3) is 3.63. The highest BCUT2D eigenvalue weighted by Crippen LogP contribution is 2.35. The van der Waals surface area contributed by atoms with Crippen LogP contribution >= 0.6 is 0 Å². The molecule has 0 fully saturated rings. The Labute approximate surface area is 158 Å². The third-order valence-corrected chi connectivity index (χ3v) is 3.79. The van der Waals surface area contributed by atoms with Crippen molar-refractivity contribution in [2.75, 3.05) is 6.79 Å². The SMILES string of the molecule is CC(=O)Oc1ccccc1C(=O)OCc1nc(-c2ccc3c(c2)OCO3)no1. The first-order chi connectivity index (χ1) is 13.6. The number of rotatable bonds is 5. The lowest BCUT2D eigenvalue weighted by atomic mass is 10.2. The van der Waals surface area contributed by atoms with Crippen molar-refractivity contribution >= 4 is 11.9 Å². The van der Waals surface area contributed by atoms with Gasteiger partial charge in [-0.25, -0.2) is 4.79 Å². The smallest absolute Gasteiger partial charge is 0.342 e. The van der Waals surface area contributed by atoms with E-state index >= 15 is 0 Å². The Morgan fingerprint density at radius 3 is 2.79 bits per heavy atom. The Balaban J connectivity index is 1.44. The average molecular weight is 382 g/mol. The minimum absolute atomic E-state index is 0.117. The number of para-hydroxylation sites is 1. The maximum Gasteiger partial charge on any atom is 0.342 e. The van der Waals surface area contributed by atoms with Crippen molar-refractivity contribution in [3.63, 3.8) is 0 Å². The fraction of sp³-hybridized carbons (Fsp3) is 0.158. The largest absolute Gasteiger partial charge is 0.454 e. The minimum atomic E-state index is -0.681. The number of benzene rings is 2. The summed E-state index contributed by atoms with van der Waals surface area (Å²) in [4.78, 5) is 27.6. The normalized spacial score (nSPS) is 11.9. The van der Waals surface area contributed by atoms with Crippen LogP contribution in [-0.2, 0) is 16.1 Å². The molecule has 2 heterocycles. The second-order valence-corrected chi connectivity index (χ2v) is 5.75. The zero-order chi connectivity index (χ0) is 19.5. The van der Waals surface area contributed by atoms with Crippen LogP contribution in [0.4, 0.5) is 0 Å². The van der Waals surface area contributed by atoms with Gasteiger partial charge < -0.3 is 23.5 Å². The fourth-order valence-electron chi connectivity index (χ4n) is 2.55. The molecule has 142 valence electrons.